The average Bonchev–Trinajstić information content (AvgIpc) is 3.22. The third-order valence-electron chi connectivity index (χ3n) is 4.87. The number of anilines is 1. The standard InChI is InChI=1S/C26H24N4O2S/c1-3-32-24(31)18-23-29-33-26(30(23)22-12-8-5-9-13-22)28-25(20-16-14-19(2)15-17-20)27-21-10-6-4-7-11-21/h4-17H,3,18H2,1-2H3/p+1. The SMILES string of the molecule is CCOC(=O)Cc1nsc(N=C(Nc2ccccc2)c2ccc(C)cc2)[n+]1-c1ccccc1. The Morgan fingerprint density at radius 3 is 2.33 bits per heavy atom. The Hall–Kier alpha value is -3.84. The lowest BCUT2D eigenvalue weighted by Crippen LogP contribution is -2.35. The van der Waals surface area contributed by atoms with Crippen LogP contribution in [0.2, 0.25) is 0 Å². The van der Waals surface area contributed by atoms with Gasteiger partial charge in [0, 0.05) is 11.3 Å². The molecule has 0 aliphatic heterocycles. The first kappa shape index (κ1) is 22.4. The van der Waals surface area contributed by atoms with E-state index in [0.717, 1.165) is 16.9 Å². The van der Waals surface area contributed by atoms with Crippen molar-refractivity contribution < 1.29 is 14.1 Å². The molecule has 0 bridgehead atoms. The van der Waals surface area contributed by atoms with E-state index in [0.29, 0.717) is 23.4 Å². The monoisotopic (exact) mass is 457 g/mol. The predicted octanol–water partition coefficient (Wildman–Crippen LogP) is 5.02. The molecule has 0 aliphatic rings. The van der Waals surface area contributed by atoms with E-state index in [1.54, 1.807) is 6.92 Å². The van der Waals surface area contributed by atoms with Crippen LogP contribution < -0.4 is 9.88 Å². The number of esters is 1. The first-order valence-electron chi connectivity index (χ1n) is 10.7. The van der Waals surface area contributed by atoms with Gasteiger partial charge in [0.2, 0.25) is 5.84 Å². The normalized spacial score (nSPS) is 11.3. The molecular formula is C26H25N4O2S+. The van der Waals surface area contributed by atoms with Crippen LogP contribution in [0, 0.1) is 6.92 Å². The van der Waals surface area contributed by atoms with Crippen molar-refractivity contribution in [2.75, 3.05) is 11.9 Å². The fourth-order valence-corrected chi connectivity index (χ4v) is 4.03. The van der Waals surface area contributed by atoms with Gasteiger partial charge in [-0.3, -0.25) is 4.79 Å². The number of para-hydroxylation sites is 2. The predicted molar refractivity (Wildman–Crippen MR) is 131 cm³/mol. The zero-order valence-electron chi connectivity index (χ0n) is 18.6. The minimum Gasteiger partial charge on any atom is -0.466 e. The highest BCUT2D eigenvalue weighted by molar-refractivity contribution is 7.09. The Bertz CT molecular complexity index is 1240. The van der Waals surface area contributed by atoms with E-state index in [1.807, 2.05) is 77.4 Å². The molecule has 7 heteroatoms. The van der Waals surface area contributed by atoms with Crippen molar-refractivity contribution >= 4 is 34.2 Å². The molecule has 0 atom stereocenters. The number of benzene rings is 3. The molecule has 0 fully saturated rings. The van der Waals surface area contributed by atoms with Crippen LogP contribution in [0.4, 0.5) is 10.8 Å². The highest BCUT2D eigenvalue weighted by atomic mass is 32.1. The fraction of sp³-hybridized carbons (Fsp3) is 0.154. The van der Waals surface area contributed by atoms with Crippen LogP contribution in [0.5, 0.6) is 0 Å². The summed E-state index contributed by atoms with van der Waals surface area (Å²) in [4.78, 5) is 17.2. The Balaban J connectivity index is 1.81. The van der Waals surface area contributed by atoms with Crippen LogP contribution in [-0.2, 0) is 16.0 Å². The summed E-state index contributed by atoms with van der Waals surface area (Å²) in [6, 6.07) is 27.9. The number of hydrogen-bond acceptors (Lipinski definition) is 5. The van der Waals surface area contributed by atoms with Gasteiger partial charge in [-0.2, -0.15) is 4.57 Å². The van der Waals surface area contributed by atoms with Gasteiger partial charge in [-0.25, -0.2) is 0 Å². The van der Waals surface area contributed by atoms with Crippen molar-refractivity contribution in [3.63, 3.8) is 0 Å². The second kappa shape index (κ2) is 10.7. The second-order valence-electron chi connectivity index (χ2n) is 7.35. The zero-order chi connectivity index (χ0) is 23.0. The number of carbonyl (C=O) groups excluding carboxylic acids is 1. The maximum Gasteiger partial charge on any atom is 0.361 e. The molecule has 1 heterocycles. The van der Waals surface area contributed by atoms with Gasteiger partial charge >= 0.3 is 11.1 Å². The number of aryl methyl sites for hydroxylation is 1. The van der Waals surface area contributed by atoms with Crippen LogP contribution in [0.1, 0.15) is 23.9 Å². The lowest BCUT2D eigenvalue weighted by atomic mass is 10.1. The first-order chi connectivity index (χ1) is 16.1. The number of nitrogens with zero attached hydrogens (tertiary/aromatic N) is 3. The van der Waals surface area contributed by atoms with Gasteiger partial charge in [-0.15, -0.1) is 0 Å². The molecule has 0 saturated carbocycles. The van der Waals surface area contributed by atoms with E-state index in [2.05, 4.69) is 28.7 Å². The number of aliphatic imine (C=N–C) groups is 1. The molecule has 1 N–H and O–H groups in total. The van der Waals surface area contributed by atoms with Crippen LogP contribution in [0.15, 0.2) is 89.9 Å². The number of rotatable bonds is 7. The van der Waals surface area contributed by atoms with E-state index in [-0.39, 0.29) is 12.4 Å². The van der Waals surface area contributed by atoms with Crippen molar-refractivity contribution in [2.45, 2.75) is 20.3 Å². The molecule has 0 unspecified atom stereocenters. The summed E-state index contributed by atoms with van der Waals surface area (Å²) >= 11 is 1.25. The molecule has 0 saturated heterocycles. The Labute approximate surface area is 197 Å². The molecule has 0 amide bonds. The van der Waals surface area contributed by atoms with Crippen molar-refractivity contribution in [3.05, 3.63) is 102 Å². The zero-order valence-corrected chi connectivity index (χ0v) is 19.4. The molecule has 0 spiro atoms. The Morgan fingerprint density at radius 1 is 1.00 bits per heavy atom. The number of ether oxygens (including phenoxy) is 1. The number of hydrogen-bond donors (Lipinski definition) is 1. The topological polar surface area (TPSA) is 67.5 Å². The minimum atomic E-state index is -0.316. The molecule has 6 nitrogen and oxygen atoms in total. The van der Waals surface area contributed by atoms with Gasteiger partial charge in [-0.05, 0) is 54.6 Å². The summed E-state index contributed by atoms with van der Waals surface area (Å²) in [6.07, 6.45) is 0.0702. The molecule has 4 aromatic rings. The van der Waals surface area contributed by atoms with Crippen molar-refractivity contribution in [1.29, 1.82) is 0 Å². The third kappa shape index (κ3) is 5.70. The molecular weight excluding hydrogens is 432 g/mol. The fourth-order valence-electron chi connectivity index (χ4n) is 3.27. The molecule has 3 aromatic carbocycles. The van der Waals surface area contributed by atoms with E-state index < -0.39 is 0 Å². The smallest absolute Gasteiger partial charge is 0.361 e. The van der Waals surface area contributed by atoms with Crippen LogP contribution >= 0.6 is 11.5 Å². The molecule has 4 rings (SSSR count). The first-order valence-corrected chi connectivity index (χ1v) is 11.5. The van der Waals surface area contributed by atoms with E-state index in [9.17, 15) is 4.79 Å². The molecule has 1 aromatic heterocycles. The summed E-state index contributed by atoms with van der Waals surface area (Å²) in [7, 11) is 0. The number of nitrogens with one attached hydrogen (secondary N) is 1. The van der Waals surface area contributed by atoms with Crippen LogP contribution in [0.25, 0.3) is 5.69 Å². The summed E-state index contributed by atoms with van der Waals surface area (Å²) in [5.41, 5.74) is 3.93. The number of carbonyl (C=O) groups is 1. The van der Waals surface area contributed by atoms with Gasteiger partial charge in [0.25, 0.3) is 5.82 Å². The number of amidine groups is 1. The second-order valence-corrected chi connectivity index (χ2v) is 8.08. The lowest BCUT2D eigenvalue weighted by Gasteiger charge is -2.08. The quantitative estimate of drug-likeness (QED) is 0.183. The van der Waals surface area contributed by atoms with Gasteiger partial charge in [0.05, 0.1) is 6.61 Å². The third-order valence-corrected chi connectivity index (χ3v) is 5.61. The maximum absolute atomic E-state index is 12.2. The molecule has 166 valence electrons. The molecule has 0 aliphatic carbocycles. The maximum atomic E-state index is 12.2. The largest absolute Gasteiger partial charge is 0.466 e. The summed E-state index contributed by atoms with van der Waals surface area (Å²) in [6.45, 7) is 4.18. The van der Waals surface area contributed by atoms with E-state index in [4.69, 9.17) is 9.73 Å². The summed E-state index contributed by atoms with van der Waals surface area (Å²) < 4.78 is 11.6. The number of aromatic nitrogens is 2. The summed E-state index contributed by atoms with van der Waals surface area (Å²) in [5, 5.41) is 4.09. The highest BCUT2D eigenvalue weighted by Crippen LogP contribution is 2.20. The van der Waals surface area contributed by atoms with Gasteiger partial charge in [0.15, 0.2) is 0 Å². The van der Waals surface area contributed by atoms with Crippen molar-refractivity contribution in [1.82, 2.24) is 4.37 Å². The molecule has 0 radical (unpaired) electrons. The van der Waals surface area contributed by atoms with Gasteiger partial charge in [-0.1, -0.05) is 59.1 Å². The van der Waals surface area contributed by atoms with Crippen molar-refractivity contribution in [2.24, 2.45) is 4.99 Å². The van der Waals surface area contributed by atoms with Crippen LogP contribution in [-0.4, -0.2) is 22.8 Å². The van der Waals surface area contributed by atoms with E-state index in [1.165, 1.54) is 17.1 Å². The average molecular weight is 458 g/mol. The molecule has 33 heavy (non-hydrogen) atoms. The lowest BCUT2D eigenvalue weighted by molar-refractivity contribution is -0.587. The van der Waals surface area contributed by atoms with Crippen molar-refractivity contribution in [3.8, 4) is 5.69 Å². The summed E-state index contributed by atoms with van der Waals surface area (Å²) in [5.74, 6) is 0.966. The van der Waals surface area contributed by atoms with Crippen LogP contribution in [0.3, 0.4) is 0 Å². The minimum absolute atomic E-state index is 0.0702. The Kier molecular flexibility index (Phi) is 7.22. The van der Waals surface area contributed by atoms with Gasteiger partial charge in [0.1, 0.15) is 23.6 Å². The highest BCUT2D eigenvalue weighted by Gasteiger charge is 2.26. The van der Waals surface area contributed by atoms with Gasteiger partial charge < -0.3 is 10.1 Å². The van der Waals surface area contributed by atoms with E-state index >= 15 is 0 Å². The Morgan fingerprint density at radius 2 is 1.67 bits per heavy atom.